The molecule has 106 valence electrons. The highest BCUT2D eigenvalue weighted by Gasteiger charge is 2.37. The molecular formula is C14H21NO4. The number of amides is 1. The average Bonchev–Trinajstić information content (AvgIpc) is 3.09. The first kappa shape index (κ1) is 13.9. The molecule has 1 N–H and O–H groups in total. The van der Waals surface area contributed by atoms with Gasteiger partial charge in [0.1, 0.15) is 5.60 Å². The first-order valence-corrected chi connectivity index (χ1v) is 6.71. The van der Waals surface area contributed by atoms with Crippen molar-refractivity contribution in [1.29, 1.82) is 0 Å². The lowest BCUT2D eigenvalue weighted by Gasteiger charge is -2.33. The predicted molar refractivity (Wildman–Crippen MR) is 69.8 cm³/mol. The standard InChI is InChI=1S/C14H21NO4/c1-14(2,3)19-13(18)15-7-6-10(9-4-5-9)8-11(15)12(16)17/h8-9,11H,4-7H2,1-3H3,(H,16,17). The highest BCUT2D eigenvalue weighted by atomic mass is 16.6. The molecule has 0 spiro atoms. The molecule has 0 aromatic rings. The van der Waals surface area contributed by atoms with Gasteiger partial charge in [-0.15, -0.1) is 0 Å². The zero-order valence-corrected chi connectivity index (χ0v) is 11.7. The Morgan fingerprint density at radius 1 is 1.37 bits per heavy atom. The monoisotopic (exact) mass is 267 g/mol. The number of carbonyl (C=O) groups is 2. The summed E-state index contributed by atoms with van der Waals surface area (Å²) in [5.41, 5.74) is 0.577. The van der Waals surface area contributed by atoms with Crippen LogP contribution in [-0.2, 0) is 9.53 Å². The third-order valence-corrected chi connectivity index (χ3v) is 3.33. The number of rotatable bonds is 2. The third-order valence-electron chi connectivity index (χ3n) is 3.33. The van der Waals surface area contributed by atoms with Crippen LogP contribution in [0.5, 0.6) is 0 Å². The van der Waals surface area contributed by atoms with Gasteiger partial charge in [0, 0.05) is 6.54 Å². The van der Waals surface area contributed by atoms with E-state index < -0.39 is 23.7 Å². The molecular weight excluding hydrogens is 246 g/mol. The molecule has 1 amide bonds. The zero-order chi connectivity index (χ0) is 14.2. The van der Waals surface area contributed by atoms with Crippen LogP contribution in [0.4, 0.5) is 4.79 Å². The van der Waals surface area contributed by atoms with Crippen molar-refractivity contribution in [1.82, 2.24) is 4.90 Å². The largest absolute Gasteiger partial charge is 0.479 e. The Hall–Kier alpha value is -1.52. The molecule has 1 fully saturated rings. The van der Waals surface area contributed by atoms with E-state index in [9.17, 15) is 14.7 Å². The minimum Gasteiger partial charge on any atom is -0.479 e. The Labute approximate surface area is 113 Å². The van der Waals surface area contributed by atoms with Crippen molar-refractivity contribution in [2.24, 2.45) is 5.92 Å². The summed E-state index contributed by atoms with van der Waals surface area (Å²) in [6.45, 7) is 5.75. The summed E-state index contributed by atoms with van der Waals surface area (Å²) in [4.78, 5) is 24.7. The van der Waals surface area contributed by atoms with Crippen molar-refractivity contribution in [2.45, 2.75) is 51.7 Å². The second-order valence-electron chi connectivity index (χ2n) is 6.22. The van der Waals surface area contributed by atoms with Crippen molar-refractivity contribution in [3.05, 3.63) is 11.6 Å². The molecule has 5 nitrogen and oxygen atoms in total. The number of hydrogen-bond acceptors (Lipinski definition) is 3. The van der Waals surface area contributed by atoms with Crippen LogP contribution in [0.15, 0.2) is 11.6 Å². The van der Waals surface area contributed by atoms with Gasteiger partial charge in [-0.3, -0.25) is 4.90 Å². The Morgan fingerprint density at radius 3 is 2.47 bits per heavy atom. The second kappa shape index (κ2) is 4.87. The minimum atomic E-state index is -0.997. The summed E-state index contributed by atoms with van der Waals surface area (Å²) in [6.07, 6.45) is 4.22. The smallest absolute Gasteiger partial charge is 0.411 e. The van der Waals surface area contributed by atoms with Crippen LogP contribution >= 0.6 is 0 Å². The molecule has 1 saturated carbocycles. The summed E-state index contributed by atoms with van der Waals surface area (Å²) in [6, 6.07) is -0.890. The van der Waals surface area contributed by atoms with Gasteiger partial charge in [-0.25, -0.2) is 9.59 Å². The normalized spacial score (nSPS) is 23.8. The van der Waals surface area contributed by atoms with E-state index in [0.717, 1.165) is 19.3 Å². The average molecular weight is 267 g/mol. The number of hydrogen-bond donors (Lipinski definition) is 1. The minimum absolute atomic E-state index is 0.425. The van der Waals surface area contributed by atoms with Gasteiger partial charge in [0.05, 0.1) is 0 Å². The summed E-state index contributed by atoms with van der Waals surface area (Å²) in [5.74, 6) is -0.452. The van der Waals surface area contributed by atoms with E-state index in [1.54, 1.807) is 26.8 Å². The molecule has 5 heteroatoms. The van der Waals surface area contributed by atoms with Gasteiger partial charge in [-0.2, -0.15) is 0 Å². The van der Waals surface area contributed by atoms with Gasteiger partial charge in [0.2, 0.25) is 0 Å². The molecule has 1 unspecified atom stereocenters. The quantitative estimate of drug-likeness (QED) is 0.780. The molecule has 1 heterocycles. The number of carboxylic acid groups (broad SMARTS) is 1. The Bertz CT molecular complexity index is 418. The molecule has 2 rings (SSSR count). The van der Waals surface area contributed by atoms with Gasteiger partial charge in [-0.1, -0.05) is 11.6 Å². The fourth-order valence-corrected chi connectivity index (χ4v) is 2.29. The molecule has 19 heavy (non-hydrogen) atoms. The molecule has 0 aromatic carbocycles. The number of carboxylic acids is 1. The maximum absolute atomic E-state index is 12.0. The summed E-state index contributed by atoms with van der Waals surface area (Å²) in [7, 11) is 0. The number of aliphatic carboxylic acids is 1. The van der Waals surface area contributed by atoms with Crippen LogP contribution in [0, 0.1) is 5.92 Å². The van der Waals surface area contributed by atoms with Crippen LogP contribution in [-0.4, -0.2) is 40.3 Å². The van der Waals surface area contributed by atoms with Crippen molar-refractivity contribution >= 4 is 12.1 Å². The van der Waals surface area contributed by atoms with Crippen LogP contribution in [0.25, 0.3) is 0 Å². The molecule has 0 bridgehead atoms. The van der Waals surface area contributed by atoms with Gasteiger partial charge < -0.3 is 9.84 Å². The van der Waals surface area contributed by atoms with Crippen molar-refractivity contribution in [2.75, 3.05) is 6.54 Å². The topological polar surface area (TPSA) is 66.8 Å². The van der Waals surface area contributed by atoms with E-state index in [-0.39, 0.29) is 0 Å². The van der Waals surface area contributed by atoms with E-state index in [1.165, 1.54) is 10.5 Å². The summed E-state index contributed by atoms with van der Waals surface area (Å²) in [5, 5.41) is 9.28. The highest BCUT2D eigenvalue weighted by molar-refractivity contribution is 5.82. The van der Waals surface area contributed by atoms with E-state index in [4.69, 9.17) is 4.74 Å². The van der Waals surface area contributed by atoms with Crippen LogP contribution in [0.1, 0.15) is 40.0 Å². The molecule has 1 aliphatic heterocycles. The fourth-order valence-electron chi connectivity index (χ4n) is 2.29. The zero-order valence-electron chi connectivity index (χ0n) is 11.7. The molecule has 0 saturated heterocycles. The van der Waals surface area contributed by atoms with Gasteiger partial charge in [-0.05, 0) is 46.0 Å². The number of ether oxygens (including phenoxy) is 1. The van der Waals surface area contributed by atoms with Gasteiger partial charge in [0.15, 0.2) is 6.04 Å². The van der Waals surface area contributed by atoms with Gasteiger partial charge in [0.25, 0.3) is 0 Å². The van der Waals surface area contributed by atoms with Gasteiger partial charge >= 0.3 is 12.1 Å². The van der Waals surface area contributed by atoms with E-state index >= 15 is 0 Å². The lowest BCUT2D eigenvalue weighted by molar-refractivity contribution is -0.141. The Balaban J connectivity index is 2.12. The maximum atomic E-state index is 12.0. The lowest BCUT2D eigenvalue weighted by Crippen LogP contribution is -2.48. The molecule has 2 aliphatic rings. The third kappa shape index (κ3) is 3.49. The number of carbonyl (C=O) groups excluding carboxylic acids is 1. The SMILES string of the molecule is CC(C)(C)OC(=O)N1CCC(C2CC2)=CC1C(=O)O. The molecule has 0 aromatic heterocycles. The first-order chi connectivity index (χ1) is 8.78. The van der Waals surface area contributed by atoms with E-state index in [1.807, 2.05) is 0 Å². The predicted octanol–water partition coefficient (Wildman–Crippen LogP) is 2.42. The maximum Gasteiger partial charge on any atom is 0.411 e. The molecule has 1 atom stereocenters. The van der Waals surface area contributed by atoms with Crippen molar-refractivity contribution < 1.29 is 19.4 Å². The van der Waals surface area contributed by atoms with Crippen LogP contribution in [0.3, 0.4) is 0 Å². The highest BCUT2D eigenvalue weighted by Crippen LogP contribution is 2.40. The molecule has 1 aliphatic carbocycles. The summed E-state index contributed by atoms with van der Waals surface area (Å²) < 4.78 is 5.26. The summed E-state index contributed by atoms with van der Waals surface area (Å²) >= 11 is 0. The van der Waals surface area contributed by atoms with E-state index in [0.29, 0.717) is 12.5 Å². The number of nitrogens with zero attached hydrogens (tertiary/aromatic N) is 1. The van der Waals surface area contributed by atoms with Crippen molar-refractivity contribution in [3.8, 4) is 0 Å². The van der Waals surface area contributed by atoms with E-state index in [2.05, 4.69) is 0 Å². The Kier molecular flexibility index (Phi) is 3.56. The Morgan fingerprint density at radius 2 is 2.00 bits per heavy atom. The fraction of sp³-hybridized carbons (Fsp3) is 0.714. The molecule has 0 radical (unpaired) electrons. The lowest BCUT2D eigenvalue weighted by atomic mass is 9.99. The van der Waals surface area contributed by atoms with Crippen LogP contribution < -0.4 is 0 Å². The first-order valence-electron chi connectivity index (χ1n) is 6.71. The van der Waals surface area contributed by atoms with Crippen molar-refractivity contribution in [3.63, 3.8) is 0 Å². The second-order valence-corrected chi connectivity index (χ2v) is 6.22. The van der Waals surface area contributed by atoms with Crippen LogP contribution in [0.2, 0.25) is 0 Å².